The first-order chi connectivity index (χ1) is 10.8. The zero-order valence-corrected chi connectivity index (χ0v) is 13.0. The summed E-state index contributed by atoms with van der Waals surface area (Å²) >= 11 is 0. The van der Waals surface area contributed by atoms with Gasteiger partial charge in [0.15, 0.2) is 0 Å². The predicted molar refractivity (Wildman–Crippen MR) is 86.7 cm³/mol. The number of aromatic nitrogens is 2. The molecule has 22 heavy (non-hydrogen) atoms. The van der Waals surface area contributed by atoms with E-state index < -0.39 is 10.8 Å². The van der Waals surface area contributed by atoms with E-state index in [-0.39, 0.29) is 0 Å². The van der Waals surface area contributed by atoms with E-state index in [9.17, 15) is 4.21 Å². The van der Waals surface area contributed by atoms with E-state index in [2.05, 4.69) is 5.10 Å². The molecule has 0 amide bonds. The van der Waals surface area contributed by atoms with E-state index in [1.807, 2.05) is 60.8 Å². The first-order valence-electron chi connectivity index (χ1n) is 6.88. The van der Waals surface area contributed by atoms with E-state index in [0.29, 0.717) is 16.4 Å². The van der Waals surface area contributed by atoms with Gasteiger partial charge < -0.3 is 4.74 Å². The molecule has 0 aliphatic heterocycles. The molecule has 0 saturated carbocycles. The molecule has 0 spiro atoms. The zero-order valence-electron chi connectivity index (χ0n) is 12.2. The molecular weight excluding hydrogens is 296 g/mol. The Morgan fingerprint density at radius 1 is 1.09 bits per heavy atom. The Hall–Kier alpha value is -2.40. The van der Waals surface area contributed by atoms with Gasteiger partial charge in [-0.1, -0.05) is 30.3 Å². The van der Waals surface area contributed by atoms with E-state index in [4.69, 9.17) is 4.74 Å². The van der Waals surface area contributed by atoms with Gasteiger partial charge in [-0.2, -0.15) is 5.10 Å². The fourth-order valence-electron chi connectivity index (χ4n) is 2.19. The van der Waals surface area contributed by atoms with Crippen molar-refractivity contribution in [3.05, 3.63) is 72.6 Å². The van der Waals surface area contributed by atoms with Crippen LogP contribution in [0.1, 0.15) is 5.56 Å². The lowest BCUT2D eigenvalue weighted by molar-refractivity contribution is 0.404. The van der Waals surface area contributed by atoms with Gasteiger partial charge >= 0.3 is 0 Å². The lowest BCUT2D eigenvalue weighted by Crippen LogP contribution is -1.99. The molecule has 0 aliphatic rings. The van der Waals surface area contributed by atoms with Crippen molar-refractivity contribution in [3.63, 3.8) is 0 Å². The van der Waals surface area contributed by atoms with Crippen LogP contribution in [-0.2, 0) is 16.6 Å². The van der Waals surface area contributed by atoms with E-state index in [0.717, 1.165) is 11.3 Å². The maximum absolute atomic E-state index is 12.5. The second-order valence-electron chi connectivity index (χ2n) is 4.77. The summed E-state index contributed by atoms with van der Waals surface area (Å²) < 4.78 is 19.6. The molecule has 0 N–H and O–H groups in total. The lowest BCUT2D eigenvalue weighted by atomic mass is 10.3. The first-order valence-corrected chi connectivity index (χ1v) is 8.20. The topological polar surface area (TPSA) is 44.1 Å². The van der Waals surface area contributed by atoms with Gasteiger partial charge in [-0.05, 0) is 24.3 Å². The summed E-state index contributed by atoms with van der Waals surface area (Å²) in [5.41, 5.74) is 1.91. The Morgan fingerprint density at radius 3 is 2.59 bits per heavy atom. The minimum absolute atomic E-state index is 0.410. The molecule has 0 fully saturated rings. The highest BCUT2D eigenvalue weighted by molar-refractivity contribution is 7.84. The Morgan fingerprint density at radius 2 is 1.82 bits per heavy atom. The van der Waals surface area contributed by atoms with Crippen molar-refractivity contribution in [2.24, 2.45) is 0 Å². The Labute approximate surface area is 131 Å². The minimum atomic E-state index is -1.17. The number of methoxy groups -OCH3 is 1. The first kappa shape index (κ1) is 14.5. The zero-order chi connectivity index (χ0) is 15.4. The Balaban J connectivity index is 1.79. The second kappa shape index (κ2) is 6.58. The third kappa shape index (κ3) is 3.09. The molecule has 112 valence electrons. The number of rotatable bonds is 5. The van der Waals surface area contributed by atoms with Crippen LogP contribution in [0.15, 0.2) is 71.9 Å². The number of para-hydroxylation sites is 2. The molecule has 0 bridgehead atoms. The van der Waals surface area contributed by atoms with Crippen molar-refractivity contribution in [1.29, 1.82) is 0 Å². The fraction of sp³-hybridized carbons (Fsp3) is 0.118. The third-order valence-electron chi connectivity index (χ3n) is 3.27. The summed E-state index contributed by atoms with van der Waals surface area (Å²) in [6.07, 6.45) is 3.66. The van der Waals surface area contributed by atoms with Crippen molar-refractivity contribution in [2.45, 2.75) is 10.6 Å². The van der Waals surface area contributed by atoms with Crippen LogP contribution in [0.25, 0.3) is 5.69 Å². The third-order valence-corrected chi connectivity index (χ3v) is 4.69. The summed E-state index contributed by atoms with van der Waals surface area (Å²) in [6, 6.07) is 17.2. The molecule has 3 aromatic rings. The molecule has 1 atom stereocenters. The summed E-state index contributed by atoms with van der Waals surface area (Å²) in [4.78, 5) is 0.706. The van der Waals surface area contributed by atoms with Gasteiger partial charge in [-0.25, -0.2) is 4.68 Å². The molecule has 3 rings (SSSR count). The maximum Gasteiger partial charge on any atom is 0.134 e. The van der Waals surface area contributed by atoms with E-state index >= 15 is 0 Å². The van der Waals surface area contributed by atoms with E-state index in [1.165, 1.54) is 0 Å². The number of benzene rings is 2. The standard InChI is InChI=1S/C17H16N2O2S/c1-21-16-9-5-6-10-17(16)22(20)13-14-11-18-19(12-14)15-7-3-2-4-8-15/h2-12H,13H2,1H3/t22-/m0/s1. The smallest absolute Gasteiger partial charge is 0.134 e. The average molecular weight is 312 g/mol. The number of hydrogen-bond donors (Lipinski definition) is 0. The average Bonchev–Trinajstić information content (AvgIpc) is 3.04. The summed E-state index contributed by atoms with van der Waals surface area (Å²) in [6.45, 7) is 0. The molecule has 1 heterocycles. The second-order valence-corrected chi connectivity index (χ2v) is 6.19. The van der Waals surface area contributed by atoms with Crippen molar-refractivity contribution in [1.82, 2.24) is 9.78 Å². The normalized spacial score (nSPS) is 12.0. The van der Waals surface area contributed by atoms with Crippen molar-refractivity contribution >= 4 is 10.8 Å². The number of nitrogens with zero attached hydrogens (tertiary/aromatic N) is 2. The van der Waals surface area contributed by atoms with Crippen LogP contribution in [0, 0.1) is 0 Å². The highest BCUT2D eigenvalue weighted by atomic mass is 32.2. The van der Waals surface area contributed by atoms with Crippen LogP contribution in [0.3, 0.4) is 0 Å². The van der Waals surface area contributed by atoms with Gasteiger partial charge in [-0.15, -0.1) is 0 Å². The van der Waals surface area contributed by atoms with Gasteiger partial charge in [-0.3, -0.25) is 4.21 Å². The predicted octanol–water partition coefficient (Wildman–Crippen LogP) is 3.19. The molecular formula is C17H16N2O2S. The van der Waals surface area contributed by atoms with Crippen LogP contribution in [0.5, 0.6) is 5.75 Å². The molecule has 0 aliphatic carbocycles. The highest BCUT2D eigenvalue weighted by Crippen LogP contribution is 2.23. The SMILES string of the molecule is COc1ccccc1[S@@](=O)Cc1cnn(-c2ccccc2)c1. The largest absolute Gasteiger partial charge is 0.495 e. The number of ether oxygens (including phenoxy) is 1. The summed E-state index contributed by atoms with van der Waals surface area (Å²) in [5.74, 6) is 1.06. The van der Waals surface area contributed by atoms with Crippen LogP contribution in [0.4, 0.5) is 0 Å². The Bertz CT molecular complexity index is 784. The summed E-state index contributed by atoms with van der Waals surface area (Å²) in [5, 5.41) is 4.33. The van der Waals surface area contributed by atoms with E-state index in [1.54, 1.807) is 18.0 Å². The molecule has 0 saturated heterocycles. The summed E-state index contributed by atoms with van der Waals surface area (Å²) in [7, 11) is 0.420. The van der Waals surface area contributed by atoms with Crippen molar-refractivity contribution < 1.29 is 8.95 Å². The molecule has 2 aromatic carbocycles. The quantitative estimate of drug-likeness (QED) is 0.727. The minimum Gasteiger partial charge on any atom is -0.495 e. The van der Waals surface area contributed by atoms with Gasteiger partial charge in [0.05, 0.1) is 40.4 Å². The number of hydrogen-bond acceptors (Lipinski definition) is 3. The van der Waals surface area contributed by atoms with Crippen LogP contribution >= 0.6 is 0 Å². The van der Waals surface area contributed by atoms with Gasteiger partial charge in [0, 0.05) is 11.8 Å². The molecule has 5 heteroatoms. The molecule has 0 unspecified atom stereocenters. The van der Waals surface area contributed by atoms with Crippen molar-refractivity contribution in [2.75, 3.05) is 7.11 Å². The Kier molecular flexibility index (Phi) is 4.34. The monoisotopic (exact) mass is 312 g/mol. The van der Waals surface area contributed by atoms with Crippen molar-refractivity contribution in [3.8, 4) is 11.4 Å². The van der Waals surface area contributed by atoms with Crippen LogP contribution < -0.4 is 4.74 Å². The highest BCUT2D eigenvalue weighted by Gasteiger charge is 2.12. The van der Waals surface area contributed by atoms with Gasteiger partial charge in [0.25, 0.3) is 0 Å². The maximum atomic E-state index is 12.5. The van der Waals surface area contributed by atoms with Gasteiger partial charge in [0.1, 0.15) is 5.75 Å². The molecule has 0 radical (unpaired) electrons. The van der Waals surface area contributed by atoms with Crippen LogP contribution in [0.2, 0.25) is 0 Å². The fourth-order valence-corrected chi connectivity index (χ4v) is 3.41. The van der Waals surface area contributed by atoms with Crippen LogP contribution in [-0.4, -0.2) is 21.1 Å². The molecule has 1 aromatic heterocycles. The lowest BCUT2D eigenvalue weighted by Gasteiger charge is -2.06. The van der Waals surface area contributed by atoms with Gasteiger partial charge in [0.2, 0.25) is 0 Å². The molecule has 4 nitrogen and oxygen atoms in total.